The Morgan fingerprint density at radius 1 is 1.24 bits per heavy atom. The third-order valence-corrected chi connectivity index (χ3v) is 2.93. The van der Waals surface area contributed by atoms with Gasteiger partial charge in [-0.2, -0.15) is 4.39 Å². The average molecular weight is 291 g/mol. The monoisotopic (exact) mass is 291 g/mol. The summed E-state index contributed by atoms with van der Waals surface area (Å²) in [5.74, 6) is -2.62. The predicted molar refractivity (Wildman–Crippen MR) is 72.0 cm³/mol. The molecular weight excluding hydrogens is 281 g/mol. The van der Waals surface area contributed by atoms with Gasteiger partial charge in [0.15, 0.2) is 0 Å². The largest absolute Gasteiger partial charge is 0.496 e. The molecule has 0 fully saturated rings. The van der Waals surface area contributed by atoms with E-state index in [4.69, 9.17) is 4.74 Å². The van der Waals surface area contributed by atoms with Crippen molar-refractivity contribution < 1.29 is 24.0 Å². The average Bonchev–Trinajstić information content (AvgIpc) is 2.45. The Kier molecular flexibility index (Phi) is 3.84. The summed E-state index contributed by atoms with van der Waals surface area (Å²) in [5, 5.41) is 19.9. The fourth-order valence-corrected chi connectivity index (χ4v) is 2.01. The van der Waals surface area contributed by atoms with Crippen LogP contribution in [0.1, 0.15) is 10.4 Å². The van der Waals surface area contributed by atoms with Crippen LogP contribution in [0.4, 0.5) is 10.1 Å². The molecule has 2 rings (SSSR count). The highest BCUT2D eigenvalue weighted by Crippen LogP contribution is 2.35. The number of nitrogens with zero attached hydrogens (tertiary/aromatic N) is 1. The number of hydrogen-bond donors (Lipinski definition) is 1. The van der Waals surface area contributed by atoms with E-state index in [1.54, 1.807) is 24.3 Å². The molecule has 0 aromatic heterocycles. The van der Waals surface area contributed by atoms with E-state index in [-0.39, 0.29) is 5.56 Å². The van der Waals surface area contributed by atoms with Crippen molar-refractivity contribution in [1.29, 1.82) is 0 Å². The minimum Gasteiger partial charge on any atom is -0.496 e. The molecular formula is C14H10FNO5. The van der Waals surface area contributed by atoms with Gasteiger partial charge in [-0.1, -0.05) is 18.2 Å². The molecule has 0 saturated carbocycles. The molecule has 0 aliphatic carbocycles. The quantitative estimate of drug-likeness (QED) is 0.690. The van der Waals surface area contributed by atoms with Crippen molar-refractivity contribution in [2.75, 3.05) is 7.11 Å². The minimum absolute atomic E-state index is 0.0167. The lowest BCUT2D eigenvalue weighted by atomic mass is 9.97. The van der Waals surface area contributed by atoms with Crippen LogP contribution in [0.25, 0.3) is 11.1 Å². The maximum Gasteiger partial charge on any atom is 0.339 e. The number of aromatic carboxylic acids is 1. The maximum absolute atomic E-state index is 14.1. The number of para-hydroxylation sites is 1. The second-order valence-corrected chi connectivity index (χ2v) is 4.08. The Hall–Kier alpha value is -2.96. The van der Waals surface area contributed by atoms with Crippen molar-refractivity contribution in [2.45, 2.75) is 0 Å². The number of benzene rings is 2. The van der Waals surface area contributed by atoms with Crippen LogP contribution in [-0.4, -0.2) is 23.1 Å². The van der Waals surface area contributed by atoms with E-state index in [1.165, 1.54) is 13.2 Å². The zero-order chi connectivity index (χ0) is 15.6. The fourth-order valence-electron chi connectivity index (χ4n) is 2.01. The molecule has 0 aliphatic rings. The molecule has 1 N–H and O–H groups in total. The highest BCUT2D eigenvalue weighted by Gasteiger charge is 2.27. The summed E-state index contributed by atoms with van der Waals surface area (Å²) >= 11 is 0. The van der Waals surface area contributed by atoms with E-state index in [9.17, 15) is 24.4 Å². The molecule has 6 nitrogen and oxygen atoms in total. The van der Waals surface area contributed by atoms with Gasteiger partial charge in [0.1, 0.15) is 11.3 Å². The van der Waals surface area contributed by atoms with E-state index in [0.717, 1.165) is 6.07 Å². The molecule has 0 spiro atoms. The summed E-state index contributed by atoms with van der Waals surface area (Å²) < 4.78 is 19.2. The second kappa shape index (κ2) is 5.58. The Morgan fingerprint density at radius 3 is 2.48 bits per heavy atom. The van der Waals surface area contributed by atoms with Crippen molar-refractivity contribution in [3.8, 4) is 16.9 Å². The number of rotatable bonds is 4. The first-order chi connectivity index (χ1) is 9.97. The van der Waals surface area contributed by atoms with Gasteiger partial charge in [0.2, 0.25) is 5.82 Å². The van der Waals surface area contributed by atoms with Crippen LogP contribution >= 0.6 is 0 Å². The van der Waals surface area contributed by atoms with Gasteiger partial charge in [-0.3, -0.25) is 10.1 Å². The fraction of sp³-hybridized carbons (Fsp3) is 0.0714. The third-order valence-electron chi connectivity index (χ3n) is 2.93. The Bertz CT molecular complexity index is 729. The van der Waals surface area contributed by atoms with Crippen molar-refractivity contribution in [3.63, 3.8) is 0 Å². The van der Waals surface area contributed by atoms with Gasteiger partial charge in [-0.05, 0) is 12.1 Å². The van der Waals surface area contributed by atoms with Crippen molar-refractivity contribution in [1.82, 2.24) is 0 Å². The normalized spacial score (nSPS) is 10.2. The molecule has 2 aromatic rings. The van der Waals surface area contributed by atoms with Gasteiger partial charge in [-0.15, -0.1) is 0 Å². The number of carboxylic acid groups (broad SMARTS) is 1. The topological polar surface area (TPSA) is 89.7 Å². The van der Waals surface area contributed by atoms with E-state index >= 15 is 0 Å². The minimum atomic E-state index is -1.59. The lowest BCUT2D eigenvalue weighted by molar-refractivity contribution is -0.387. The van der Waals surface area contributed by atoms with E-state index < -0.39 is 28.0 Å². The van der Waals surface area contributed by atoms with Gasteiger partial charge in [-0.25, -0.2) is 4.79 Å². The number of hydrogen-bond acceptors (Lipinski definition) is 4. The summed E-state index contributed by atoms with van der Waals surface area (Å²) in [4.78, 5) is 21.0. The van der Waals surface area contributed by atoms with Crippen molar-refractivity contribution in [3.05, 3.63) is 57.9 Å². The van der Waals surface area contributed by atoms with Crippen LogP contribution in [-0.2, 0) is 0 Å². The summed E-state index contributed by atoms with van der Waals surface area (Å²) in [5.41, 5.74) is -1.28. The zero-order valence-electron chi connectivity index (χ0n) is 10.9. The smallest absolute Gasteiger partial charge is 0.339 e. The molecule has 7 heteroatoms. The molecule has 2 aromatic carbocycles. The summed E-state index contributed by atoms with van der Waals surface area (Å²) in [7, 11) is 1.39. The molecule has 0 aliphatic heterocycles. The van der Waals surface area contributed by atoms with Crippen LogP contribution in [0.5, 0.6) is 5.75 Å². The first-order valence-electron chi connectivity index (χ1n) is 5.81. The van der Waals surface area contributed by atoms with Crippen LogP contribution in [0.2, 0.25) is 0 Å². The number of nitro benzene ring substituents is 1. The van der Waals surface area contributed by atoms with Crippen LogP contribution in [0.15, 0.2) is 36.4 Å². The van der Waals surface area contributed by atoms with Gasteiger partial charge in [0.25, 0.3) is 0 Å². The summed E-state index contributed by atoms with van der Waals surface area (Å²) in [6.07, 6.45) is 0. The molecule has 0 saturated heterocycles. The van der Waals surface area contributed by atoms with E-state index in [0.29, 0.717) is 11.3 Å². The number of carbonyl (C=O) groups is 1. The third kappa shape index (κ3) is 2.53. The molecule has 0 radical (unpaired) electrons. The zero-order valence-corrected chi connectivity index (χ0v) is 10.9. The first-order valence-corrected chi connectivity index (χ1v) is 5.81. The molecule has 0 heterocycles. The van der Waals surface area contributed by atoms with Gasteiger partial charge < -0.3 is 9.84 Å². The number of ether oxygens (including phenoxy) is 1. The number of carboxylic acids is 1. The molecule has 0 unspecified atom stereocenters. The predicted octanol–water partition coefficient (Wildman–Crippen LogP) is 3.11. The highest BCUT2D eigenvalue weighted by molar-refractivity contribution is 5.98. The van der Waals surface area contributed by atoms with E-state index in [1.807, 2.05) is 0 Å². The molecule has 0 atom stereocenters. The Labute approximate surface area is 118 Å². The molecule has 0 bridgehead atoms. The van der Waals surface area contributed by atoms with Crippen LogP contribution in [0, 0.1) is 15.9 Å². The number of methoxy groups -OCH3 is 1. The summed E-state index contributed by atoms with van der Waals surface area (Å²) in [6.45, 7) is 0. The SMILES string of the molecule is COc1ccccc1-c1ccc([N+](=O)[O-])c(F)c1C(=O)O. The number of nitro groups is 1. The van der Waals surface area contributed by atoms with Gasteiger partial charge in [0.05, 0.1) is 12.0 Å². The second-order valence-electron chi connectivity index (χ2n) is 4.08. The van der Waals surface area contributed by atoms with Crippen molar-refractivity contribution in [2.24, 2.45) is 0 Å². The maximum atomic E-state index is 14.1. The highest BCUT2D eigenvalue weighted by atomic mass is 19.1. The number of halogens is 1. The first kappa shape index (κ1) is 14.4. The lowest BCUT2D eigenvalue weighted by Gasteiger charge is -2.11. The summed E-state index contributed by atoms with van der Waals surface area (Å²) in [6, 6.07) is 8.56. The van der Waals surface area contributed by atoms with Gasteiger partial charge in [0, 0.05) is 17.2 Å². The van der Waals surface area contributed by atoms with Crippen LogP contribution in [0.3, 0.4) is 0 Å². The molecule has 21 heavy (non-hydrogen) atoms. The molecule has 108 valence electrons. The Morgan fingerprint density at radius 2 is 1.90 bits per heavy atom. The van der Waals surface area contributed by atoms with E-state index in [2.05, 4.69) is 0 Å². The van der Waals surface area contributed by atoms with Crippen molar-refractivity contribution >= 4 is 11.7 Å². The standard InChI is InChI=1S/C14H10FNO5/c1-21-11-5-3-2-4-8(11)9-6-7-10(16(19)20)13(15)12(9)14(17)18/h2-7H,1H3,(H,17,18). The lowest BCUT2D eigenvalue weighted by Crippen LogP contribution is -2.07. The Balaban J connectivity index is 2.78. The van der Waals surface area contributed by atoms with Crippen LogP contribution < -0.4 is 4.74 Å². The molecule has 0 amide bonds. The van der Waals surface area contributed by atoms with Gasteiger partial charge >= 0.3 is 11.7 Å².